The van der Waals surface area contributed by atoms with E-state index >= 15 is 0 Å². The van der Waals surface area contributed by atoms with Gasteiger partial charge in [-0.15, -0.1) is 0 Å². The number of hydrogen-bond acceptors (Lipinski definition) is 1. The third kappa shape index (κ3) is 1.61. The summed E-state index contributed by atoms with van der Waals surface area (Å²) in [7, 11) is 1.12. The average molecular weight is 133 g/mol. The topological polar surface area (TPSA) is 20.2 Å². The third-order valence-corrected chi connectivity index (χ3v) is 1.51. The van der Waals surface area contributed by atoms with Crippen molar-refractivity contribution in [3.8, 4) is 0 Å². The average Bonchev–Trinajstić information content (AvgIpc) is 2.05. The summed E-state index contributed by atoms with van der Waals surface area (Å²) in [5, 5.41) is 8.63. The Labute approximate surface area is 62.0 Å². The zero-order valence-corrected chi connectivity index (χ0v) is 6.04. The third-order valence-electron chi connectivity index (χ3n) is 1.51. The van der Waals surface area contributed by atoms with E-state index in [4.69, 9.17) is 5.02 Å². The molecule has 0 unspecified atom stereocenters. The van der Waals surface area contributed by atoms with E-state index < -0.39 is 0 Å². The van der Waals surface area contributed by atoms with Gasteiger partial charge in [0, 0.05) is 0 Å². The Morgan fingerprint density at radius 2 is 2.30 bits per heavy atom. The molecule has 0 spiro atoms. The van der Waals surface area contributed by atoms with Gasteiger partial charge in [0.15, 0.2) is 0 Å². The molecule has 0 saturated heterocycles. The molecule has 0 aliphatic rings. The molecule has 1 aromatic carbocycles. The van der Waals surface area contributed by atoms with Crippen LogP contribution in [0.1, 0.15) is 12.5 Å². The minimum Gasteiger partial charge on any atom is -0.450 e. The summed E-state index contributed by atoms with van der Waals surface area (Å²) in [6.07, 6.45) is 1.02. The first-order valence-corrected chi connectivity index (χ1v) is 3.43. The highest BCUT2D eigenvalue weighted by Crippen LogP contribution is 1.95. The number of benzene rings is 1. The van der Waals surface area contributed by atoms with Crippen LogP contribution in [0.3, 0.4) is 0 Å². The molecule has 1 aromatic rings. The maximum Gasteiger partial charge on any atom is 0.326 e. The highest BCUT2D eigenvalue weighted by Gasteiger charge is 1.92. The van der Waals surface area contributed by atoms with Gasteiger partial charge in [0.1, 0.15) is 0 Å². The fourth-order valence-corrected chi connectivity index (χ4v) is 0.893. The van der Waals surface area contributed by atoms with E-state index in [9.17, 15) is 0 Å². The molecule has 0 saturated carbocycles. The van der Waals surface area contributed by atoms with Gasteiger partial charge in [0.25, 0.3) is 0 Å². The second-order valence-electron chi connectivity index (χ2n) is 2.23. The van der Waals surface area contributed by atoms with Gasteiger partial charge in [-0.1, -0.05) is 36.7 Å². The van der Waals surface area contributed by atoms with Crippen molar-refractivity contribution in [2.75, 3.05) is 0 Å². The minimum atomic E-state index is 0.874. The Kier molecular flexibility index (Phi) is 2.52. The van der Waals surface area contributed by atoms with E-state index in [1.54, 1.807) is 0 Å². The standard InChI is InChI=1S/C8H10BO/c1-2-7-4-3-5-8(6-7)9-10/h3-6,10H,2H2,1H3. The SMILES string of the molecule is CCc1cccc([B]O)c1. The molecule has 0 heterocycles. The van der Waals surface area contributed by atoms with Crippen molar-refractivity contribution in [1.29, 1.82) is 0 Å². The maximum atomic E-state index is 8.63. The van der Waals surface area contributed by atoms with Crippen LogP contribution in [0.15, 0.2) is 24.3 Å². The van der Waals surface area contributed by atoms with Crippen molar-refractivity contribution >= 4 is 12.9 Å². The lowest BCUT2D eigenvalue weighted by molar-refractivity contribution is 0.615. The molecule has 1 rings (SSSR count). The number of hydrogen-bond donors (Lipinski definition) is 1. The van der Waals surface area contributed by atoms with Gasteiger partial charge >= 0.3 is 7.48 Å². The van der Waals surface area contributed by atoms with Crippen molar-refractivity contribution in [1.82, 2.24) is 0 Å². The van der Waals surface area contributed by atoms with Crippen LogP contribution < -0.4 is 5.46 Å². The van der Waals surface area contributed by atoms with Crippen molar-refractivity contribution in [3.05, 3.63) is 29.8 Å². The summed E-state index contributed by atoms with van der Waals surface area (Å²) < 4.78 is 0. The molecule has 51 valence electrons. The van der Waals surface area contributed by atoms with Gasteiger partial charge in [-0.05, 0) is 12.0 Å². The van der Waals surface area contributed by atoms with Gasteiger partial charge < -0.3 is 5.02 Å². The summed E-state index contributed by atoms with van der Waals surface area (Å²) in [6, 6.07) is 7.84. The quantitative estimate of drug-likeness (QED) is 0.582. The molecular formula is C8H10BO. The molecule has 0 amide bonds. The molecule has 10 heavy (non-hydrogen) atoms. The summed E-state index contributed by atoms with van der Waals surface area (Å²) in [5.41, 5.74) is 2.13. The molecule has 2 heteroatoms. The minimum absolute atomic E-state index is 0.874. The van der Waals surface area contributed by atoms with Gasteiger partial charge in [0.2, 0.25) is 0 Å². The second kappa shape index (κ2) is 3.42. The van der Waals surface area contributed by atoms with Crippen LogP contribution in [-0.2, 0) is 6.42 Å². The molecule has 0 bridgehead atoms. The van der Waals surface area contributed by atoms with Crippen LogP contribution in [0, 0.1) is 0 Å². The lowest BCUT2D eigenvalue weighted by atomic mass is 9.87. The zero-order valence-electron chi connectivity index (χ0n) is 6.04. The molecular weight excluding hydrogens is 123 g/mol. The smallest absolute Gasteiger partial charge is 0.326 e. The predicted molar refractivity (Wildman–Crippen MR) is 43.4 cm³/mol. The van der Waals surface area contributed by atoms with E-state index in [1.807, 2.05) is 24.3 Å². The Morgan fingerprint density at radius 1 is 1.50 bits per heavy atom. The zero-order chi connectivity index (χ0) is 7.40. The van der Waals surface area contributed by atoms with Gasteiger partial charge in [-0.2, -0.15) is 0 Å². The van der Waals surface area contributed by atoms with E-state index in [2.05, 4.69) is 6.92 Å². The van der Waals surface area contributed by atoms with Crippen LogP contribution in [-0.4, -0.2) is 12.5 Å². The molecule has 0 fully saturated rings. The second-order valence-corrected chi connectivity index (χ2v) is 2.23. The van der Waals surface area contributed by atoms with Crippen molar-refractivity contribution in [2.45, 2.75) is 13.3 Å². The maximum absolute atomic E-state index is 8.63. The summed E-state index contributed by atoms with van der Waals surface area (Å²) >= 11 is 0. The van der Waals surface area contributed by atoms with E-state index in [-0.39, 0.29) is 0 Å². The van der Waals surface area contributed by atoms with Crippen LogP contribution in [0.4, 0.5) is 0 Å². The highest BCUT2D eigenvalue weighted by atomic mass is 16.2. The molecule has 0 aromatic heterocycles. The highest BCUT2D eigenvalue weighted by molar-refractivity contribution is 6.45. The van der Waals surface area contributed by atoms with E-state index in [0.29, 0.717) is 0 Å². The van der Waals surface area contributed by atoms with Crippen LogP contribution in [0.5, 0.6) is 0 Å². The molecule has 1 nitrogen and oxygen atoms in total. The Bertz CT molecular complexity index is 191. The Morgan fingerprint density at radius 3 is 2.90 bits per heavy atom. The molecule has 0 aliphatic heterocycles. The van der Waals surface area contributed by atoms with Crippen LogP contribution in [0.25, 0.3) is 0 Å². The Balaban J connectivity index is 2.87. The normalized spacial score (nSPS) is 9.40. The summed E-state index contributed by atoms with van der Waals surface area (Å²) in [4.78, 5) is 0. The van der Waals surface area contributed by atoms with Crippen molar-refractivity contribution in [3.63, 3.8) is 0 Å². The van der Waals surface area contributed by atoms with Crippen molar-refractivity contribution < 1.29 is 5.02 Å². The first-order valence-electron chi connectivity index (χ1n) is 3.43. The van der Waals surface area contributed by atoms with E-state index in [0.717, 1.165) is 19.4 Å². The molecule has 0 atom stereocenters. The number of rotatable bonds is 2. The summed E-state index contributed by atoms with van der Waals surface area (Å²) in [5.74, 6) is 0. The Hall–Kier alpha value is -0.755. The largest absolute Gasteiger partial charge is 0.450 e. The fraction of sp³-hybridized carbons (Fsp3) is 0.250. The lowest BCUT2D eigenvalue weighted by Crippen LogP contribution is -2.13. The molecule has 1 radical (unpaired) electrons. The number of aryl methyl sites for hydroxylation is 1. The van der Waals surface area contributed by atoms with Gasteiger partial charge in [-0.3, -0.25) is 0 Å². The van der Waals surface area contributed by atoms with Crippen LogP contribution in [0.2, 0.25) is 0 Å². The van der Waals surface area contributed by atoms with Gasteiger partial charge in [0.05, 0.1) is 0 Å². The van der Waals surface area contributed by atoms with Gasteiger partial charge in [-0.25, -0.2) is 0 Å². The molecule has 0 aliphatic carbocycles. The summed E-state index contributed by atoms with van der Waals surface area (Å²) in [6.45, 7) is 2.09. The van der Waals surface area contributed by atoms with Crippen molar-refractivity contribution in [2.24, 2.45) is 0 Å². The monoisotopic (exact) mass is 133 g/mol. The van der Waals surface area contributed by atoms with Crippen LogP contribution >= 0.6 is 0 Å². The first kappa shape index (κ1) is 7.35. The van der Waals surface area contributed by atoms with E-state index in [1.165, 1.54) is 5.56 Å². The molecule has 1 N–H and O–H groups in total. The fourth-order valence-electron chi connectivity index (χ4n) is 0.893. The lowest BCUT2D eigenvalue weighted by Gasteiger charge is -1.97. The first-order chi connectivity index (χ1) is 4.86. The predicted octanol–water partition coefficient (Wildman–Crippen LogP) is 0.486.